The summed E-state index contributed by atoms with van der Waals surface area (Å²) >= 11 is 0. The highest BCUT2D eigenvalue weighted by atomic mass is 16.5. The molecule has 3 aromatic rings. The van der Waals surface area contributed by atoms with Crippen molar-refractivity contribution in [2.24, 2.45) is 0 Å². The summed E-state index contributed by atoms with van der Waals surface area (Å²) in [5, 5.41) is 9.76. The number of amides is 1. The molecule has 0 aliphatic carbocycles. The number of aryl methyl sites for hydroxylation is 1. The minimum Gasteiger partial charge on any atom is -0.383 e. The zero-order valence-electron chi connectivity index (χ0n) is 20.2. The molecule has 1 saturated heterocycles. The van der Waals surface area contributed by atoms with Gasteiger partial charge in [-0.15, -0.1) is 0 Å². The first-order chi connectivity index (χ1) is 16.3. The predicted octanol–water partition coefficient (Wildman–Crippen LogP) is 3.73. The van der Waals surface area contributed by atoms with Crippen molar-refractivity contribution >= 4 is 23.0 Å². The Bertz CT molecular complexity index is 1330. The van der Waals surface area contributed by atoms with Crippen LogP contribution in [0, 0.1) is 25.2 Å². The van der Waals surface area contributed by atoms with Gasteiger partial charge in [0.25, 0.3) is 5.91 Å². The summed E-state index contributed by atoms with van der Waals surface area (Å²) in [6.45, 7) is 7.67. The summed E-state index contributed by atoms with van der Waals surface area (Å²) in [7, 11) is 1.68. The molecule has 8 heteroatoms. The molecule has 3 heterocycles. The van der Waals surface area contributed by atoms with Gasteiger partial charge in [0.2, 0.25) is 0 Å². The highest BCUT2D eigenvalue weighted by molar-refractivity contribution is 6.01. The molecule has 0 bridgehead atoms. The Balaban J connectivity index is 1.51. The number of carbonyl (C=O) groups excluding carboxylic acids is 1. The van der Waals surface area contributed by atoms with E-state index in [1.54, 1.807) is 22.7 Å². The molecule has 1 fully saturated rings. The summed E-state index contributed by atoms with van der Waals surface area (Å²) < 4.78 is 9.26. The van der Waals surface area contributed by atoms with Crippen molar-refractivity contribution in [1.82, 2.24) is 19.0 Å². The number of piperidine rings is 1. The monoisotopic (exact) mass is 461 g/mol. The zero-order valence-corrected chi connectivity index (χ0v) is 20.2. The molecular formula is C26H31N5O3. The molecule has 1 atom stereocenters. The summed E-state index contributed by atoms with van der Waals surface area (Å²) in [6, 6.07) is 11.9. The molecule has 0 spiro atoms. The molecule has 1 aromatic carbocycles. The van der Waals surface area contributed by atoms with E-state index >= 15 is 0 Å². The molecule has 8 nitrogen and oxygen atoms in total. The van der Waals surface area contributed by atoms with E-state index in [9.17, 15) is 14.9 Å². The van der Waals surface area contributed by atoms with Crippen LogP contribution in [0.1, 0.15) is 48.8 Å². The maximum atomic E-state index is 13.2. The van der Waals surface area contributed by atoms with E-state index in [0.717, 1.165) is 28.0 Å². The van der Waals surface area contributed by atoms with Gasteiger partial charge in [-0.1, -0.05) is 12.1 Å². The van der Waals surface area contributed by atoms with Crippen LogP contribution in [0.2, 0.25) is 0 Å². The number of methoxy groups -OCH3 is 1. The fraction of sp³-hybridized carbons (Fsp3) is 0.423. The number of aromatic nitrogens is 3. The van der Waals surface area contributed by atoms with Gasteiger partial charge in [-0.25, -0.2) is 4.79 Å². The number of nitrogens with one attached hydrogen (secondary N) is 1. The Morgan fingerprint density at radius 3 is 2.68 bits per heavy atom. The molecule has 1 unspecified atom stereocenters. The summed E-state index contributed by atoms with van der Waals surface area (Å²) in [5.41, 5.74) is 4.63. The zero-order chi connectivity index (χ0) is 24.4. The smallest absolute Gasteiger partial charge is 0.326 e. The van der Waals surface area contributed by atoms with Crippen molar-refractivity contribution in [2.45, 2.75) is 45.7 Å². The fourth-order valence-electron chi connectivity index (χ4n) is 5.17. The van der Waals surface area contributed by atoms with Gasteiger partial charge < -0.3 is 19.2 Å². The van der Waals surface area contributed by atoms with E-state index in [0.29, 0.717) is 32.5 Å². The van der Waals surface area contributed by atoms with Crippen LogP contribution in [0.3, 0.4) is 0 Å². The normalized spacial score (nSPS) is 16.1. The van der Waals surface area contributed by atoms with E-state index in [1.165, 1.54) is 0 Å². The van der Waals surface area contributed by atoms with Crippen molar-refractivity contribution in [3.8, 4) is 6.07 Å². The van der Waals surface area contributed by atoms with Crippen molar-refractivity contribution in [2.75, 3.05) is 26.8 Å². The van der Waals surface area contributed by atoms with Crippen LogP contribution in [0.4, 0.5) is 0 Å². The highest BCUT2D eigenvalue weighted by Crippen LogP contribution is 2.27. The lowest BCUT2D eigenvalue weighted by Gasteiger charge is -2.32. The first-order valence-electron chi connectivity index (χ1n) is 11.6. The van der Waals surface area contributed by atoms with Gasteiger partial charge in [0.15, 0.2) is 0 Å². The molecule has 2 aromatic heterocycles. The number of nitrogens with zero attached hydrogens (tertiary/aromatic N) is 4. The number of H-pyrrole nitrogens is 1. The quantitative estimate of drug-likeness (QED) is 0.447. The maximum Gasteiger partial charge on any atom is 0.326 e. The second kappa shape index (κ2) is 9.74. The van der Waals surface area contributed by atoms with Gasteiger partial charge in [0.05, 0.1) is 23.7 Å². The minimum atomic E-state index is -0.262. The van der Waals surface area contributed by atoms with Crippen LogP contribution in [-0.2, 0) is 9.53 Å². The maximum absolute atomic E-state index is 13.2. The minimum absolute atomic E-state index is 0.0170. The van der Waals surface area contributed by atoms with Crippen LogP contribution >= 0.6 is 0 Å². The molecular weight excluding hydrogens is 430 g/mol. The van der Waals surface area contributed by atoms with E-state index in [1.807, 2.05) is 44.2 Å². The standard InChI is InChI=1S/C26H31N5O3/c1-17-13-20(19(3)30(17)18(2)16-34-4)14-21(15-27)25(32)29-11-9-22(10-12-29)31-24-8-6-5-7-23(24)28-26(31)33/h5-8,13-14,18,22H,9-12,16H2,1-4H3,(H,28,33)/b21-14+. The summed E-state index contributed by atoms with van der Waals surface area (Å²) in [5.74, 6) is -0.262. The largest absolute Gasteiger partial charge is 0.383 e. The number of ether oxygens (including phenoxy) is 1. The Labute approximate surface area is 199 Å². The number of fused-ring (bicyclic) bond motifs is 1. The Morgan fingerprint density at radius 1 is 1.29 bits per heavy atom. The number of aromatic amines is 1. The summed E-state index contributed by atoms with van der Waals surface area (Å²) in [4.78, 5) is 30.3. The van der Waals surface area contributed by atoms with Crippen molar-refractivity contribution in [3.05, 3.63) is 63.3 Å². The number of hydrogen-bond acceptors (Lipinski definition) is 4. The molecule has 34 heavy (non-hydrogen) atoms. The lowest BCUT2D eigenvalue weighted by molar-refractivity contribution is -0.127. The molecule has 4 rings (SSSR count). The van der Waals surface area contributed by atoms with E-state index in [4.69, 9.17) is 4.74 Å². The number of likely N-dealkylation sites (tertiary alicyclic amines) is 1. The molecule has 1 N–H and O–H groups in total. The van der Waals surface area contributed by atoms with Crippen LogP contribution in [0.15, 0.2) is 40.7 Å². The number of para-hydroxylation sites is 2. The Hall–Kier alpha value is -3.57. The van der Waals surface area contributed by atoms with Gasteiger partial charge >= 0.3 is 5.69 Å². The third-order valence-electron chi connectivity index (χ3n) is 6.76. The molecule has 1 amide bonds. The van der Waals surface area contributed by atoms with Crippen LogP contribution in [-0.4, -0.2) is 51.7 Å². The van der Waals surface area contributed by atoms with Gasteiger partial charge in [-0.05, 0) is 63.5 Å². The van der Waals surface area contributed by atoms with E-state index < -0.39 is 0 Å². The van der Waals surface area contributed by atoms with Crippen LogP contribution < -0.4 is 5.69 Å². The average molecular weight is 462 g/mol. The van der Waals surface area contributed by atoms with Crippen molar-refractivity contribution < 1.29 is 9.53 Å². The van der Waals surface area contributed by atoms with E-state index in [-0.39, 0.29) is 29.3 Å². The van der Waals surface area contributed by atoms with Gasteiger partial charge in [-0.3, -0.25) is 9.36 Å². The van der Waals surface area contributed by atoms with Gasteiger partial charge in [0.1, 0.15) is 11.6 Å². The second-order valence-electron chi connectivity index (χ2n) is 9.01. The molecule has 0 radical (unpaired) electrons. The lowest BCUT2D eigenvalue weighted by atomic mass is 10.0. The van der Waals surface area contributed by atoms with Gasteiger partial charge in [0, 0.05) is 37.6 Å². The van der Waals surface area contributed by atoms with Gasteiger partial charge in [-0.2, -0.15) is 5.26 Å². The second-order valence-corrected chi connectivity index (χ2v) is 9.01. The predicted molar refractivity (Wildman–Crippen MR) is 131 cm³/mol. The number of hydrogen-bond donors (Lipinski definition) is 1. The number of carbonyl (C=O) groups is 1. The third-order valence-corrected chi connectivity index (χ3v) is 6.76. The Kier molecular flexibility index (Phi) is 6.75. The van der Waals surface area contributed by atoms with Crippen molar-refractivity contribution in [3.63, 3.8) is 0 Å². The molecule has 1 aliphatic heterocycles. The number of rotatable bonds is 6. The number of nitriles is 1. The Morgan fingerprint density at radius 2 is 2.00 bits per heavy atom. The molecule has 178 valence electrons. The average Bonchev–Trinajstić information content (AvgIpc) is 3.31. The molecule has 0 saturated carbocycles. The first-order valence-corrected chi connectivity index (χ1v) is 11.6. The highest BCUT2D eigenvalue weighted by Gasteiger charge is 2.28. The lowest BCUT2D eigenvalue weighted by Crippen LogP contribution is -2.41. The topological polar surface area (TPSA) is 96.1 Å². The van der Waals surface area contributed by atoms with Crippen LogP contribution in [0.25, 0.3) is 17.1 Å². The third kappa shape index (κ3) is 4.31. The van der Waals surface area contributed by atoms with Crippen LogP contribution in [0.5, 0.6) is 0 Å². The molecule has 1 aliphatic rings. The number of benzene rings is 1. The summed E-state index contributed by atoms with van der Waals surface area (Å²) in [6.07, 6.45) is 3.02. The first kappa shape index (κ1) is 23.6. The van der Waals surface area contributed by atoms with Crippen molar-refractivity contribution in [1.29, 1.82) is 5.26 Å². The fourth-order valence-corrected chi connectivity index (χ4v) is 5.17. The number of imidazole rings is 1. The SMILES string of the molecule is COCC(C)n1c(C)cc(/C=C(\C#N)C(=O)N2CCC(n3c(=O)[nH]c4ccccc43)CC2)c1C. The van der Waals surface area contributed by atoms with E-state index in [2.05, 4.69) is 22.5 Å².